The molecule has 1 unspecified atom stereocenters. The molecule has 0 aliphatic rings. The van der Waals surface area contributed by atoms with Crippen LogP contribution in [0.15, 0.2) is 42.5 Å². The molecule has 1 aromatic heterocycles. The minimum Gasteiger partial charge on any atom is -0.481 e. The van der Waals surface area contributed by atoms with Crippen LogP contribution in [0.25, 0.3) is 10.9 Å². The van der Waals surface area contributed by atoms with Crippen LogP contribution in [0.5, 0.6) is 0 Å². The maximum absolute atomic E-state index is 13.8. The van der Waals surface area contributed by atoms with Crippen LogP contribution in [0.1, 0.15) is 86.3 Å². The molecule has 0 saturated carbocycles. The first kappa shape index (κ1) is 27.9. The summed E-state index contributed by atoms with van der Waals surface area (Å²) in [6.45, 7) is 2.07. The molecule has 36 heavy (non-hydrogen) atoms. The molecule has 0 aliphatic carbocycles. The van der Waals surface area contributed by atoms with Gasteiger partial charge in [-0.05, 0) is 67.9 Å². The molecule has 1 N–H and O–H groups in total. The van der Waals surface area contributed by atoms with Gasteiger partial charge in [-0.15, -0.1) is 0 Å². The normalized spacial score (nSPS) is 12.2. The van der Waals surface area contributed by atoms with Gasteiger partial charge >= 0.3 is 5.97 Å². The summed E-state index contributed by atoms with van der Waals surface area (Å²) in [6.07, 6.45) is 8.15. The summed E-state index contributed by atoms with van der Waals surface area (Å²) in [4.78, 5) is 25.0. The van der Waals surface area contributed by atoms with Gasteiger partial charge in [-0.3, -0.25) is 9.59 Å². The van der Waals surface area contributed by atoms with Crippen molar-refractivity contribution in [3.63, 3.8) is 0 Å². The Morgan fingerprint density at radius 3 is 2.42 bits per heavy atom. The number of halogens is 2. The van der Waals surface area contributed by atoms with Crippen LogP contribution in [0, 0.1) is 11.7 Å². The number of rotatable bonds is 15. The lowest BCUT2D eigenvalue weighted by atomic mass is 9.89. The van der Waals surface area contributed by atoms with E-state index in [1.165, 1.54) is 6.07 Å². The second kappa shape index (κ2) is 13.6. The predicted octanol–water partition coefficient (Wildman–Crippen LogP) is 8.17. The van der Waals surface area contributed by atoms with E-state index in [4.69, 9.17) is 11.6 Å². The van der Waals surface area contributed by atoms with Crippen molar-refractivity contribution in [2.75, 3.05) is 0 Å². The van der Waals surface area contributed by atoms with Gasteiger partial charge in [-0.2, -0.15) is 0 Å². The van der Waals surface area contributed by atoms with Crippen LogP contribution in [-0.2, 0) is 24.7 Å². The van der Waals surface area contributed by atoms with Crippen LogP contribution >= 0.6 is 11.6 Å². The molecule has 6 heteroatoms. The third-order valence-corrected chi connectivity index (χ3v) is 7.27. The van der Waals surface area contributed by atoms with Crippen LogP contribution in [0.2, 0.25) is 5.02 Å². The molecule has 1 heterocycles. The lowest BCUT2D eigenvalue weighted by molar-refractivity contribution is -0.138. The van der Waals surface area contributed by atoms with Gasteiger partial charge in [0.25, 0.3) is 0 Å². The molecule has 0 aliphatic heterocycles. The van der Waals surface area contributed by atoms with Crippen molar-refractivity contribution in [2.45, 2.75) is 77.6 Å². The number of carboxylic acids is 1. The van der Waals surface area contributed by atoms with Gasteiger partial charge in [0.05, 0.1) is 0 Å². The number of nitrogens with zero attached hydrogens (tertiary/aromatic N) is 1. The number of aliphatic carboxylic acids is 1. The molecular weight excluding hydrogens is 477 g/mol. The lowest BCUT2D eigenvalue weighted by Crippen LogP contribution is -2.15. The largest absolute Gasteiger partial charge is 0.481 e. The van der Waals surface area contributed by atoms with Crippen LogP contribution in [0.4, 0.5) is 4.39 Å². The van der Waals surface area contributed by atoms with Gasteiger partial charge in [0, 0.05) is 47.1 Å². The predicted molar refractivity (Wildman–Crippen MR) is 144 cm³/mol. The van der Waals surface area contributed by atoms with E-state index in [1.807, 2.05) is 37.4 Å². The van der Waals surface area contributed by atoms with Crippen molar-refractivity contribution in [2.24, 2.45) is 13.0 Å². The van der Waals surface area contributed by atoms with E-state index in [0.29, 0.717) is 10.6 Å². The minimum absolute atomic E-state index is 0.000211. The number of benzene rings is 2. The maximum atomic E-state index is 13.8. The van der Waals surface area contributed by atoms with Gasteiger partial charge in [-0.1, -0.05) is 62.4 Å². The second-order valence-electron chi connectivity index (χ2n) is 9.78. The van der Waals surface area contributed by atoms with Crippen molar-refractivity contribution < 1.29 is 19.1 Å². The van der Waals surface area contributed by atoms with Gasteiger partial charge in [0.1, 0.15) is 5.82 Å². The van der Waals surface area contributed by atoms with Gasteiger partial charge in [0.15, 0.2) is 5.78 Å². The Hall–Kier alpha value is -2.66. The molecule has 0 spiro atoms. The minimum atomic E-state index is -0.861. The quantitative estimate of drug-likeness (QED) is 0.165. The zero-order valence-corrected chi connectivity index (χ0v) is 22.1. The molecule has 194 valence electrons. The van der Waals surface area contributed by atoms with Crippen molar-refractivity contribution in [3.8, 4) is 0 Å². The van der Waals surface area contributed by atoms with Crippen LogP contribution < -0.4 is 0 Å². The summed E-state index contributed by atoms with van der Waals surface area (Å²) in [7, 11) is 1.98. The molecular formula is C30H37ClFNO3. The van der Waals surface area contributed by atoms with E-state index < -0.39 is 5.97 Å². The number of carbonyl (C=O) groups excluding carboxylic acids is 1. The first-order valence-electron chi connectivity index (χ1n) is 13.1. The van der Waals surface area contributed by atoms with Gasteiger partial charge < -0.3 is 9.67 Å². The van der Waals surface area contributed by atoms with Crippen molar-refractivity contribution in [3.05, 3.63) is 70.1 Å². The number of fused-ring (bicyclic) bond motifs is 1. The number of unbranched alkanes of at least 4 members (excludes halogenated alkanes) is 4. The lowest BCUT2D eigenvalue weighted by Gasteiger charge is -2.14. The number of ketones is 1. The molecule has 3 rings (SSSR count). The first-order valence-corrected chi connectivity index (χ1v) is 13.4. The highest BCUT2D eigenvalue weighted by molar-refractivity contribution is 6.31. The number of hydrogen-bond acceptors (Lipinski definition) is 2. The molecule has 4 nitrogen and oxygen atoms in total. The van der Waals surface area contributed by atoms with Crippen molar-refractivity contribution in [1.82, 2.24) is 4.57 Å². The first-order chi connectivity index (χ1) is 17.3. The highest BCUT2D eigenvalue weighted by Crippen LogP contribution is 2.32. The Bertz CT molecular complexity index is 1190. The molecule has 0 saturated heterocycles. The number of Topliss-reactive ketones (excluding diaryl/α,β-unsaturated/α-hetero) is 1. The standard InChI is InChI=1S/C30H37ClFNO3/c1-3-4-11-21(19-29(35)36)18-28(34)30-24-20-23(31)16-17-26(24)33(2)27(30)15-8-6-5-7-12-22-13-9-10-14-25(22)32/h9-10,13-14,16-17,20-21H,3-8,11-12,15,18-19H2,1-2H3,(H,35,36). The van der Waals surface area contributed by atoms with Crippen molar-refractivity contribution in [1.29, 1.82) is 0 Å². The number of aromatic nitrogens is 1. The fourth-order valence-corrected chi connectivity index (χ4v) is 5.29. The number of aryl methyl sites for hydroxylation is 2. The van der Waals surface area contributed by atoms with E-state index >= 15 is 0 Å². The fraction of sp³-hybridized carbons (Fsp3) is 0.467. The maximum Gasteiger partial charge on any atom is 0.303 e. The SMILES string of the molecule is CCCCC(CC(=O)O)CC(=O)c1c(CCCCCCc2ccccc2F)n(C)c2ccc(Cl)cc12. The average Bonchev–Trinajstić information content (AvgIpc) is 3.11. The molecule has 1 atom stereocenters. The van der Waals surface area contributed by atoms with E-state index in [2.05, 4.69) is 11.5 Å². The Morgan fingerprint density at radius 2 is 1.72 bits per heavy atom. The number of hydrogen-bond donors (Lipinski definition) is 1. The summed E-state index contributed by atoms with van der Waals surface area (Å²) >= 11 is 6.30. The Morgan fingerprint density at radius 1 is 1.00 bits per heavy atom. The Balaban J connectivity index is 1.72. The molecule has 0 bridgehead atoms. The summed E-state index contributed by atoms with van der Waals surface area (Å²) in [6, 6.07) is 12.5. The van der Waals surface area contributed by atoms with Crippen LogP contribution in [-0.4, -0.2) is 21.4 Å². The molecule has 3 aromatic rings. The van der Waals surface area contributed by atoms with E-state index in [9.17, 15) is 19.1 Å². The third-order valence-electron chi connectivity index (χ3n) is 7.03. The fourth-order valence-electron chi connectivity index (χ4n) is 5.12. The van der Waals surface area contributed by atoms with Crippen LogP contribution in [0.3, 0.4) is 0 Å². The zero-order chi connectivity index (χ0) is 26.1. The summed E-state index contributed by atoms with van der Waals surface area (Å²) < 4.78 is 15.9. The van der Waals surface area contributed by atoms with Gasteiger partial charge in [-0.25, -0.2) is 4.39 Å². The Kier molecular flexibility index (Phi) is 10.5. The second-order valence-corrected chi connectivity index (χ2v) is 10.2. The summed E-state index contributed by atoms with van der Waals surface area (Å²) in [5.74, 6) is -1.18. The van der Waals surface area contributed by atoms with E-state index in [-0.39, 0.29) is 30.4 Å². The molecule has 2 aromatic carbocycles. The van der Waals surface area contributed by atoms with E-state index in [1.54, 1.807) is 6.07 Å². The summed E-state index contributed by atoms with van der Waals surface area (Å²) in [5, 5.41) is 10.8. The monoisotopic (exact) mass is 513 g/mol. The molecule has 0 fully saturated rings. The van der Waals surface area contributed by atoms with Crippen molar-refractivity contribution >= 4 is 34.3 Å². The smallest absolute Gasteiger partial charge is 0.303 e. The molecule has 0 radical (unpaired) electrons. The third kappa shape index (κ3) is 7.42. The topological polar surface area (TPSA) is 59.3 Å². The number of carboxylic acid groups (broad SMARTS) is 1. The average molecular weight is 514 g/mol. The molecule has 0 amide bonds. The summed E-state index contributed by atoms with van der Waals surface area (Å²) in [5.41, 5.74) is 3.39. The number of carbonyl (C=O) groups is 2. The highest BCUT2D eigenvalue weighted by Gasteiger charge is 2.24. The van der Waals surface area contributed by atoms with E-state index in [0.717, 1.165) is 79.9 Å². The zero-order valence-electron chi connectivity index (χ0n) is 21.4. The van der Waals surface area contributed by atoms with Gasteiger partial charge in [0.2, 0.25) is 0 Å². The Labute approximate surface area is 218 Å². The highest BCUT2D eigenvalue weighted by atomic mass is 35.5.